The molecule has 1 saturated heterocycles. The molecule has 24 heavy (non-hydrogen) atoms. The summed E-state index contributed by atoms with van der Waals surface area (Å²) in [5.41, 5.74) is 5.92. The molecule has 2 N–H and O–H groups in total. The molecule has 0 aliphatic carbocycles. The third-order valence-corrected chi connectivity index (χ3v) is 4.16. The molecule has 1 aliphatic rings. The van der Waals surface area contributed by atoms with Crippen molar-refractivity contribution in [1.82, 2.24) is 9.88 Å². The van der Waals surface area contributed by atoms with Crippen molar-refractivity contribution in [1.29, 1.82) is 0 Å². The highest BCUT2D eigenvalue weighted by atomic mass is 16.5. The normalized spacial score (nSPS) is 15.1. The van der Waals surface area contributed by atoms with E-state index >= 15 is 0 Å². The molecule has 6 nitrogen and oxygen atoms in total. The van der Waals surface area contributed by atoms with Gasteiger partial charge in [-0.2, -0.15) is 0 Å². The van der Waals surface area contributed by atoms with E-state index in [4.69, 9.17) is 10.5 Å². The number of hydrogen-bond acceptors (Lipinski definition) is 4. The summed E-state index contributed by atoms with van der Waals surface area (Å²) in [6.07, 6.45) is 4.56. The van der Waals surface area contributed by atoms with Crippen LogP contribution in [-0.2, 0) is 4.79 Å². The van der Waals surface area contributed by atoms with E-state index < -0.39 is 0 Å². The fourth-order valence-corrected chi connectivity index (χ4v) is 2.76. The highest BCUT2D eigenvalue weighted by Gasteiger charge is 2.26. The number of primary amides is 1. The van der Waals surface area contributed by atoms with E-state index in [9.17, 15) is 9.59 Å². The fraction of sp³-hybridized carbons (Fsp3) is 0.278. The minimum absolute atomic E-state index is 0.0363. The zero-order valence-corrected chi connectivity index (χ0v) is 13.2. The lowest BCUT2D eigenvalue weighted by molar-refractivity contribution is -0.123. The minimum Gasteiger partial charge on any atom is -0.456 e. The van der Waals surface area contributed by atoms with Crippen LogP contribution in [0.5, 0.6) is 11.5 Å². The number of likely N-dealkylation sites (tertiary alicyclic amines) is 1. The van der Waals surface area contributed by atoms with Crippen molar-refractivity contribution in [3.8, 4) is 11.5 Å². The van der Waals surface area contributed by atoms with Crippen molar-refractivity contribution in [3.05, 3.63) is 54.4 Å². The van der Waals surface area contributed by atoms with Crippen molar-refractivity contribution in [2.75, 3.05) is 13.1 Å². The van der Waals surface area contributed by atoms with Crippen molar-refractivity contribution in [2.24, 2.45) is 11.7 Å². The summed E-state index contributed by atoms with van der Waals surface area (Å²) in [6, 6.07) is 10.6. The summed E-state index contributed by atoms with van der Waals surface area (Å²) in [4.78, 5) is 29.4. The molecule has 0 bridgehead atoms. The number of aromatic nitrogens is 1. The van der Waals surface area contributed by atoms with Crippen LogP contribution in [0.1, 0.15) is 23.2 Å². The van der Waals surface area contributed by atoms with Gasteiger partial charge in [0.1, 0.15) is 11.5 Å². The summed E-state index contributed by atoms with van der Waals surface area (Å²) >= 11 is 0. The van der Waals surface area contributed by atoms with Gasteiger partial charge in [0.05, 0.1) is 6.20 Å². The van der Waals surface area contributed by atoms with E-state index in [1.54, 1.807) is 47.6 Å². The van der Waals surface area contributed by atoms with Gasteiger partial charge in [0.2, 0.25) is 5.91 Å². The number of rotatable bonds is 4. The fourth-order valence-electron chi connectivity index (χ4n) is 2.76. The van der Waals surface area contributed by atoms with Crippen molar-refractivity contribution < 1.29 is 14.3 Å². The lowest BCUT2D eigenvalue weighted by Gasteiger charge is -2.30. The summed E-state index contributed by atoms with van der Waals surface area (Å²) in [5.74, 6) is 0.853. The maximum atomic E-state index is 12.5. The molecule has 2 heterocycles. The number of nitrogens with two attached hydrogens (primary N) is 1. The summed E-state index contributed by atoms with van der Waals surface area (Å²) in [6.45, 7) is 1.11. The van der Waals surface area contributed by atoms with Crippen LogP contribution in [0.2, 0.25) is 0 Å². The van der Waals surface area contributed by atoms with Gasteiger partial charge in [-0.25, -0.2) is 0 Å². The number of carbonyl (C=O) groups is 2. The molecular weight excluding hydrogens is 306 g/mol. The summed E-state index contributed by atoms with van der Waals surface area (Å²) in [7, 11) is 0. The molecule has 2 aromatic rings. The number of benzene rings is 1. The first kappa shape index (κ1) is 16.0. The van der Waals surface area contributed by atoms with Crippen LogP contribution < -0.4 is 10.5 Å². The van der Waals surface area contributed by atoms with Gasteiger partial charge in [0.15, 0.2) is 0 Å². The molecule has 0 atom stereocenters. The van der Waals surface area contributed by atoms with Gasteiger partial charge in [-0.15, -0.1) is 0 Å². The smallest absolute Gasteiger partial charge is 0.253 e. The molecule has 0 saturated carbocycles. The topological polar surface area (TPSA) is 85.5 Å². The predicted octanol–water partition coefficient (Wildman–Crippen LogP) is 2.21. The van der Waals surface area contributed by atoms with Crippen LogP contribution in [0.4, 0.5) is 0 Å². The number of carbonyl (C=O) groups excluding carboxylic acids is 2. The quantitative estimate of drug-likeness (QED) is 0.934. The predicted molar refractivity (Wildman–Crippen MR) is 88.6 cm³/mol. The Labute approximate surface area is 140 Å². The van der Waals surface area contributed by atoms with Crippen molar-refractivity contribution >= 4 is 11.8 Å². The van der Waals surface area contributed by atoms with Crippen LogP contribution in [0.25, 0.3) is 0 Å². The summed E-state index contributed by atoms with van der Waals surface area (Å²) < 4.78 is 5.66. The zero-order valence-electron chi connectivity index (χ0n) is 13.2. The number of piperidine rings is 1. The molecule has 1 fully saturated rings. The molecule has 3 rings (SSSR count). The van der Waals surface area contributed by atoms with E-state index in [1.807, 2.05) is 6.07 Å². The third kappa shape index (κ3) is 3.71. The second-order valence-electron chi connectivity index (χ2n) is 5.78. The van der Waals surface area contributed by atoms with Crippen LogP contribution in [0.15, 0.2) is 48.8 Å². The number of pyridine rings is 1. The van der Waals surface area contributed by atoms with Crippen molar-refractivity contribution in [3.63, 3.8) is 0 Å². The standard InChI is InChI=1S/C18H19N3O3/c19-17(22)13-7-10-21(11-8-13)18(23)14-3-5-15(6-4-14)24-16-2-1-9-20-12-16/h1-6,9,12-13H,7-8,10-11H2,(H2,19,22). The zero-order chi connectivity index (χ0) is 16.9. The van der Waals surface area contributed by atoms with Gasteiger partial charge in [0, 0.05) is 30.8 Å². The molecule has 124 valence electrons. The third-order valence-electron chi connectivity index (χ3n) is 4.16. The van der Waals surface area contributed by atoms with Crippen LogP contribution in [-0.4, -0.2) is 34.8 Å². The first-order valence-electron chi connectivity index (χ1n) is 7.90. The van der Waals surface area contributed by atoms with Crippen LogP contribution >= 0.6 is 0 Å². The SMILES string of the molecule is NC(=O)C1CCN(C(=O)c2ccc(Oc3cccnc3)cc2)CC1. The first-order valence-corrected chi connectivity index (χ1v) is 7.90. The number of ether oxygens (including phenoxy) is 1. The van der Waals surface area contributed by atoms with Gasteiger partial charge in [-0.3, -0.25) is 14.6 Å². The summed E-state index contributed by atoms with van der Waals surface area (Å²) in [5, 5.41) is 0. The van der Waals surface area contributed by atoms with E-state index in [0.717, 1.165) is 0 Å². The molecule has 0 unspecified atom stereocenters. The van der Waals surface area contributed by atoms with Gasteiger partial charge in [-0.05, 0) is 49.2 Å². The number of amides is 2. The Bertz CT molecular complexity index is 708. The van der Waals surface area contributed by atoms with Gasteiger partial charge in [-0.1, -0.05) is 0 Å². The highest BCUT2D eigenvalue weighted by Crippen LogP contribution is 2.22. The number of nitrogens with zero attached hydrogens (tertiary/aromatic N) is 2. The van der Waals surface area contributed by atoms with E-state index in [0.29, 0.717) is 43.0 Å². The molecule has 1 aliphatic heterocycles. The molecule has 0 spiro atoms. The monoisotopic (exact) mass is 325 g/mol. The van der Waals surface area contributed by atoms with Crippen LogP contribution in [0, 0.1) is 5.92 Å². The second-order valence-corrected chi connectivity index (χ2v) is 5.78. The van der Waals surface area contributed by atoms with E-state index in [2.05, 4.69) is 4.98 Å². The van der Waals surface area contributed by atoms with Crippen LogP contribution in [0.3, 0.4) is 0 Å². The Balaban J connectivity index is 1.61. The van der Waals surface area contributed by atoms with Crippen molar-refractivity contribution in [2.45, 2.75) is 12.8 Å². The maximum Gasteiger partial charge on any atom is 0.253 e. The van der Waals surface area contributed by atoms with Gasteiger partial charge in [0.25, 0.3) is 5.91 Å². The Morgan fingerprint density at radius 2 is 1.79 bits per heavy atom. The molecule has 6 heteroatoms. The molecule has 1 aromatic heterocycles. The van der Waals surface area contributed by atoms with E-state index in [-0.39, 0.29) is 17.7 Å². The number of hydrogen-bond donors (Lipinski definition) is 1. The molecule has 1 aromatic carbocycles. The lowest BCUT2D eigenvalue weighted by Crippen LogP contribution is -2.41. The lowest BCUT2D eigenvalue weighted by atomic mass is 9.96. The Morgan fingerprint density at radius 1 is 1.08 bits per heavy atom. The Kier molecular flexibility index (Phi) is 4.74. The highest BCUT2D eigenvalue weighted by molar-refractivity contribution is 5.94. The Hall–Kier alpha value is -2.89. The van der Waals surface area contributed by atoms with Gasteiger partial charge >= 0.3 is 0 Å². The van der Waals surface area contributed by atoms with Gasteiger partial charge < -0.3 is 15.4 Å². The molecule has 2 amide bonds. The maximum absolute atomic E-state index is 12.5. The first-order chi connectivity index (χ1) is 11.6. The second kappa shape index (κ2) is 7.12. The largest absolute Gasteiger partial charge is 0.456 e. The minimum atomic E-state index is -0.279. The molecule has 0 radical (unpaired) electrons. The molecular formula is C18H19N3O3. The van der Waals surface area contributed by atoms with E-state index in [1.165, 1.54) is 0 Å². The average molecular weight is 325 g/mol. The average Bonchev–Trinajstić information content (AvgIpc) is 2.63. The Morgan fingerprint density at radius 3 is 2.38 bits per heavy atom.